The van der Waals surface area contributed by atoms with Gasteiger partial charge in [-0.15, -0.1) is 0 Å². The number of nitrogens with zero attached hydrogens (tertiary/aromatic N) is 5. The number of aliphatic hydroxyl groups is 1. The normalized spacial score (nSPS) is 26.9. The summed E-state index contributed by atoms with van der Waals surface area (Å²) in [6, 6.07) is 22.0. The third-order valence-corrected chi connectivity index (χ3v) is 17.5. The van der Waals surface area contributed by atoms with E-state index in [4.69, 9.17) is 14.5 Å². The van der Waals surface area contributed by atoms with Gasteiger partial charge in [0.1, 0.15) is 28.8 Å². The van der Waals surface area contributed by atoms with Gasteiger partial charge >= 0.3 is 0 Å². The number of nitrogens with one attached hydrogen (secondary N) is 3. The van der Waals surface area contributed by atoms with Crippen molar-refractivity contribution in [1.82, 2.24) is 19.6 Å². The number of alkyl halides is 1. The molecule has 69 heavy (non-hydrogen) atoms. The molecule has 3 saturated heterocycles. The van der Waals surface area contributed by atoms with Crippen LogP contribution in [-0.4, -0.2) is 108 Å². The molecular weight excluding hydrogens is 904 g/mol. The first-order chi connectivity index (χ1) is 33.1. The van der Waals surface area contributed by atoms with Gasteiger partial charge in [0.05, 0.1) is 45.9 Å². The molecule has 0 radical (unpaired) electrons. The Balaban J connectivity index is 0.863. The van der Waals surface area contributed by atoms with E-state index in [1.165, 1.54) is 42.9 Å². The Bertz CT molecular complexity index is 2920. The summed E-state index contributed by atoms with van der Waals surface area (Å²) in [4.78, 5) is 40.7. The fourth-order valence-corrected chi connectivity index (χ4v) is 13.0. The number of carbonyl (C=O) groups is 1. The number of aryl methyl sites for hydroxylation is 1. The Morgan fingerprint density at radius 1 is 0.986 bits per heavy atom. The maximum atomic E-state index is 15.7. The van der Waals surface area contributed by atoms with Crippen LogP contribution in [0.15, 0.2) is 83.9 Å². The second kappa shape index (κ2) is 17.2. The van der Waals surface area contributed by atoms with Gasteiger partial charge in [-0.3, -0.25) is 19.8 Å². The van der Waals surface area contributed by atoms with Crippen LogP contribution in [0.1, 0.15) is 98.7 Å². The SMILES string of the molecule is Cc1ccccc1[C@@H]1CCCN1C1CC2(CCN(c3ccc(C(=O)NS(=O)(=O)c4ccc(NC[C@]5(F)CC[C@@](C)(O)CC5)c([N+](=O)[O-])c4)c(N4c5cc6cc[nH]c6nc5O[C@@H]5COC[C@H]54)c3)CC2)C1. The molecule has 0 unspecified atom stereocenters. The molecule has 2 aromatic heterocycles. The van der Waals surface area contributed by atoms with Crippen molar-refractivity contribution in [3.63, 3.8) is 0 Å². The van der Waals surface area contributed by atoms with Gasteiger partial charge in [0, 0.05) is 55.1 Å². The van der Waals surface area contributed by atoms with Crippen molar-refractivity contribution in [2.24, 2.45) is 5.41 Å². The number of amides is 1. The summed E-state index contributed by atoms with van der Waals surface area (Å²) in [5, 5.41) is 26.2. The zero-order valence-electron chi connectivity index (χ0n) is 39.0. The van der Waals surface area contributed by atoms with E-state index in [1.54, 1.807) is 19.2 Å². The number of aromatic nitrogens is 2. The first kappa shape index (κ1) is 45.6. The number of nitro benzene ring substituents is 1. The largest absolute Gasteiger partial charge is 0.468 e. The molecule has 5 fully saturated rings. The lowest BCUT2D eigenvalue weighted by molar-refractivity contribution is -0.384. The highest BCUT2D eigenvalue weighted by atomic mass is 32.2. The van der Waals surface area contributed by atoms with Crippen LogP contribution >= 0.6 is 0 Å². The van der Waals surface area contributed by atoms with Crippen LogP contribution in [0.25, 0.3) is 11.0 Å². The van der Waals surface area contributed by atoms with E-state index in [2.05, 4.69) is 56.0 Å². The number of anilines is 4. The Hall–Kier alpha value is -5.82. The number of sulfonamides is 1. The van der Waals surface area contributed by atoms with Gasteiger partial charge in [-0.2, -0.15) is 4.98 Å². The smallest absolute Gasteiger partial charge is 0.293 e. The molecule has 6 heterocycles. The second-order valence-electron chi connectivity index (χ2n) is 20.7. The fourth-order valence-electron chi connectivity index (χ4n) is 12.1. The molecule has 364 valence electrons. The number of nitro groups is 1. The number of piperidine rings is 1. The summed E-state index contributed by atoms with van der Waals surface area (Å²) in [7, 11) is -4.69. The topological polar surface area (TPSA) is 196 Å². The lowest BCUT2D eigenvalue weighted by Crippen LogP contribution is -2.55. The number of aromatic amines is 1. The van der Waals surface area contributed by atoms with Gasteiger partial charge in [-0.25, -0.2) is 17.5 Å². The lowest BCUT2D eigenvalue weighted by atomic mass is 9.59. The van der Waals surface area contributed by atoms with Crippen LogP contribution in [0.5, 0.6) is 5.88 Å². The van der Waals surface area contributed by atoms with E-state index >= 15 is 4.39 Å². The lowest BCUT2D eigenvalue weighted by Gasteiger charge is -2.56. The fraction of sp³-hybridized carbons (Fsp3) is 0.490. The van der Waals surface area contributed by atoms with Gasteiger partial charge in [-0.1, -0.05) is 24.3 Å². The van der Waals surface area contributed by atoms with E-state index < -0.39 is 48.8 Å². The number of pyridine rings is 1. The van der Waals surface area contributed by atoms with Crippen molar-refractivity contribution in [3.8, 4) is 5.88 Å². The number of carbonyl (C=O) groups excluding carboxylic acids is 1. The summed E-state index contributed by atoms with van der Waals surface area (Å²) < 4.78 is 58.4. The minimum atomic E-state index is -4.69. The van der Waals surface area contributed by atoms with Gasteiger partial charge in [0.25, 0.3) is 21.6 Å². The predicted octanol–water partition coefficient (Wildman–Crippen LogP) is 8.23. The number of halogens is 1. The van der Waals surface area contributed by atoms with Crippen molar-refractivity contribution in [3.05, 3.63) is 106 Å². The van der Waals surface area contributed by atoms with Crippen LogP contribution < -0.4 is 24.6 Å². The zero-order chi connectivity index (χ0) is 47.9. The van der Waals surface area contributed by atoms with Crippen LogP contribution in [0.2, 0.25) is 0 Å². The highest BCUT2D eigenvalue weighted by Crippen LogP contribution is 2.54. The van der Waals surface area contributed by atoms with Crippen LogP contribution in [0.4, 0.5) is 32.8 Å². The van der Waals surface area contributed by atoms with Crippen LogP contribution in [0.3, 0.4) is 0 Å². The molecule has 0 bridgehead atoms. The Morgan fingerprint density at radius 3 is 2.54 bits per heavy atom. The molecule has 4 aliphatic heterocycles. The average molecular weight is 963 g/mol. The van der Waals surface area contributed by atoms with Crippen LogP contribution in [0, 0.1) is 22.5 Å². The number of hydrogen-bond donors (Lipinski definition) is 4. The molecule has 6 aliphatic rings. The molecule has 18 heteroatoms. The zero-order valence-corrected chi connectivity index (χ0v) is 39.8. The van der Waals surface area contributed by atoms with Crippen molar-refractivity contribution in [2.45, 2.75) is 118 Å². The summed E-state index contributed by atoms with van der Waals surface area (Å²) in [6.07, 6.45) is 8.81. The molecule has 2 saturated carbocycles. The molecule has 11 rings (SSSR count). The molecule has 3 atom stereocenters. The Kier molecular flexibility index (Phi) is 11.4. The molecule has 16 nitrogen and oxygen atoms in total. The molecule has 2 aliphatic carbocycles. The minimum absolute atomic E-state index is 0.0617. The Morgan fingerprint density at radius 2 is 1.77 bits per heavy atom. The number of fused-ring (bicyclic) bond motifs is 3. The van der Waals surface area contributed by atoms with E-state index in [-0.39, 0.29) is 68.1 Å². The maximum Gasteiger partial charge on any atom is 0.293 e. The van der Waals surface area contributed by atoms with Crippen molar-refractivity contribution in [1.29, 1.82) is 0 Å². The highest BCUT2D eigenvalue weighted by Gasteiger charge is 2.50. The maximum absolute atomic E-state index is 15.7. The molecular formula is C51H59FN8O8S. The quantitative estimate of drug-likeness (QED) is 0.0731. The standard InChI is InChI=1S/C51H59FN8O8S/c1-32-6-3-4-7-37(32)40-8-5-21-58(40)35-27-50(28-35)18-22-57(23-19-50)34-9-11-38(41(25-34)59-43-24-33-13-20-53-46(33)55-48(43)68-45-30-67-29-44(45)59)47(61)56-69(65,66)36-10-12-39(42(26-36)60(63)64)54-31-51(52)16-14-49(2,62)15-17-51/h3-4,6-7,9-13,20,24-26,35,40,44-45,54,62H,5,8,14-19,21-23,27-31H2,1-2H3,(H,53,55)(H,56,61)/t40-,44+,45+,49-,51+/m0/s1. The van der Waals surface area contributed by atoms with Gasteiger partial charge in [0.2, 0.25) is 5.88 Å². The Labute approximate surface area is 400 Å². The first-order valence-electron chi connectivity index (χ1n) is 24.3. The number of hydrogen-bond acceptors (Lipinski definition) is 13. The predicted molar refractivity (Wildman–Crippen MR) is 260 cm³/mol. The van der Waals surface area contributed by atoms with E-state index in [0.29, 0.717) is 35.0 Å². The summed E-state index contributed by atoms with van der Waals surface area (Å²) in [6.45, 7) is 6.97. The molecule has 3 aromatic carbocycles. The van der Waals surface area contributed by atoms with Crippen molar-refractivity contribution >= 4 is 55.4 Å². The van der Waals surface area contributed by atoms with Gasteiger partial charge in [-0.05, 0) is 144 Å². The highest BCUT2D eigenvalue weighted by molar-refractivity contribution is 7.90. The molecule has 1 spiro atoms. The number of ether oxygens (including phenoxy) is 2. The third-order valence-electron chi connectivity index (χ3n) is 16.2. The van der Waals surface area contributed by atoms with Gasteiger partial charge in [0.15, 0.2) is 0 Å². The molecule has 4 N–H and O–H groups in total. The van der Waals surface area contributed by atoms with Crippen molar-refractivity contribution in [2.75, 3.05) is 54.5 Å². The van der Waals surface area contributed by atoms with E-state index in [1.807, 2.05) is 29.2 Å². The van der Waals surface area contributed by atoms with E-state index in [9.17, 15) is 28.4 Å². The second-order valence-corrected chi connectivity index (χ2v) is 22.4. The monoisotopic (exact) mass is 962 g/mol. The average Bonchev–Trinajstić information content (AvgIpc) is 4.12. The van der Waals surface area contributed by atoms with Gasteiger partial charge < -0.3 is 34.7 Å². The number of rotatable bonds is 11. The number of likely N-dealkylation sites (tertiary alicyclic amines) is 1. The molecule has 5 aromatic rings. The third kappa shape index (κ3) is 8.56. The summed E-state index contributed by atoms with van der Waals surface area (Å²) >= 11 is 0. The van der Waals surface area contributed by atoms with E-state index in [0.717, 1.165) is 55.7 Å². The molecule has 1 amide bonds. The number of H-pyrrole nitrogens is 1. The van der Waals surface area contributed by atoms with Crippen molar-refractivity contribution < 1.29 is 37.1 Å². The summed E-state index contributed by atoms with van der Waals surface area (Å²) in [5.41, 5.74) is 2.36. The summed E-state index contributed by atoms with van der Waals surface area (Å²) in [5.74, 6) is -0.588. The first-order valence-corrected chi connectivity index (χ1v) is 25.8. The van der Waals surface area contributed by atoms with Crippen LogP contribution in [-0.2, 0) is 14.8 Å². The number of benzene rings is 3. The minimum Gasteiger partial charge on any atom is -0.468 e.